The molecule has 2 atom stereocenters. The zero-order chi connectivity index (χ0) is 25.0. The molecule has 1 N–H and O–H groups in total. The molecule has 0 aliphatic heterocycles. The SMILES string of the molecule is CCOc1cc(C=Nn2c([C@@H](C)CC)nc3ccc(Br)cc3c2=O)cc(Br)c1O[C@H](C)C(=O)O. The summed E-state index contributed by atoms with van der Waals surface area (Å²) < 4.78 is 13.8. The molecule has 3 rings (SSSR count). The Labute approximate surface area is 213 Å². The van der Waals surface area contributed by atoms with Crippen molar-refractivity contribution < 1.29 is 19.4 Å². The third kappa shape index (κ3) is 5.67. The molecule has 0 aliphatic rings. The van der Waals surface area contributed by atoms with E-state index in [1.165, 1.54) is 17.8 Å². The number of carboxylic acid groups (broad SMARTS) is 1. The first-order chi connectivity index (χ1) is 16.2. The van der Waals surface area contributed by atoms with E-state index in [-0.39, 0.29) is 17.2 Å². The second kappa shape index (κ2) is 11.1. The number of carbonyl (C=O) groups is 1. The van der Waals surface area contributed by atoms with Gasteiger partial charge in [0.15, 0.2) is 17.6 Å². The fraction of sp³-hybridized carbons (Fsp3) is 0.333. The van der Waals surface area contributed by atoms with Crippen molar-refractivity contribution in [2.75, 3.05) is 6.61 Å². The maximum Gasteiger partial charge on any atom is 0.344 e. The minimum absolute atomic E-state index is 0.0110. The molecule has 34 heavy (non-hydrogen) atoms. The van der Waals surface area contributed by atoms with Crippen molar-refractivity contribution in [3.8, 4) is 11.5 Å². The number of fused-ring (bicyclic) bond motifs is 1. The van der Waals surface area contributed by atoms with Crippen molar-refractivity contribution in [1.82, 2.24) is 9.66 Å². The molecular formula is C24H25Br2N3O5. The molecule has 8 nitrogen and oxygen atoms in total. The zero-order valence-electron chi connectivity index (χ0n) is 19.2. The molecule has 1 heterocycles. The molecule has 0 aliphatic carbocycles. The van der Waals surface area contributed by atoms with Crippen LogP contribution in [-0.4, -0.2) is 39.7 Å². The van der Waals surface area contributed by atoms with Crippen molar-refractivity contribution >= 4 is 54.9 Å². The predicted molar refractivity (Wildman–Crippen MR) is 138 cm³/mol. The van der Waals surface area contributed by atoms with Crippen LogP contribution in [0, 0.1) is 0 Å². The van der Waals surface area contributed by atoms with Crippen LogP contribution in [0.5, 0.6) is 11.5 Å². The minimum Gasteiger partial charge on any atom is -0.490 e. The van der Waals surface area contributed by atoms with Gasteiger partial charge in [0.1, 0.15) is 5.82 Å². The van der Waals surface area contributed by atoms with E-state index in [9.17, 15) is 14.7 Å². The van der Waals surface area contributed by atoms with Gasteiger partial charge in [-0.05, 0) is 72.1 Å². The first kappa shape index (κ1) is 25.9. The van der Waals surface area contributed by atoms with Crippen LogP contribution in [0.15, 0.2) is 49.2 Å². The van der Waals surface area contributed by atoms with E-state index >= 15 is 0 Å². The Hall–Kier alpha value is -2.72. The fourth-order valence-electron chi connectivity index (χ4n) is 3.17. The van der Waals surface area contributed by atoms with E-state index in [0.717, 1.165) is 10.9 Å². The topological polar surface area (TPSA) is 103 Å². The summed E-state index contributed by atoms with van der Waals surface area (Å²) >= 11 is 6.84. The molecule has 0 fully saturated rings. The standard InChI is InChI=1S/C24H25Br2N3O5/c1-5-13(3)22-28-19-8-7-16(25)11-17(19)23(30)29(22)27-12-15-9-18(26)21(20(10-15)33-6-2)34-14(4)24(31)32/h7-14H,5-6H2,1-4H3,(H,31,32)/t13-,14+/m0/s1. The molecule has 0 bridgehead atoms. The molecule has 0 saturated carbocycles. The quantitative estimate of drug-likeness (QED) is 0.325. The molecular weight excluding hydrogens is 570 g/mol. The number of hydrogen-bond donors (Lipinski definition) is 1. The van der Waals surface area contributed by atoms with E-state index in [2.05, 4.69) is 37.0 Å². The molecule has 0 unspecified atom stereocenters. The van der Waals surface area contributed by atoms with E-state index < -0.39 is 12.1 Å². The number of hydrogen-bond acceptors (Lipinski definition) is 6. The zero-order valence-corrected chi connectivity index (χ0v) is 22.4. The van der Waals surface area contributed by atoms with Crippen LogP contribution >= 0.6 is 31.9 Å². The molecule has 0 saturated heterocycles. The van der Waals surface area contributed by atoms with Gasteiger partial charge >= 0.3 is 5.97 Å². The van der Waals surface area contributed by atoms with Crippen LogP contribution in [0.2, 0.25) is 0 Å². The van der Waals surface area contributed by atoms with Crippen molar-refractivity contribution in [1.29, 1.82) is 0 Å². The lowest BCUT2D eigenvalue weighted by atomic mass is 10.1. The molecule has 0 amide bonds. The van der Waals surface area contributed by atoms with Crippen LogP contribution < -0.4 is 15.0 Å². The number of carboxylic acids is 1. The van der Waals surface area contributed by atoms with Gasteiger partial charge in [-0.15, -0.1) is 0 Å². The Morgan fingerprint density at radius 3 is 2.62 bits per heavy atom. The van der Waals surface area contributed by atoms with Gasteiger partial charge in [-0.25, -0.2) is 9.78 Å². The minimum atomic E-state index is -1.09. The molecule has 3 aromatic rings. The van der Waals surface area contributed by atoms with Crippen LogP contribution in [0.3, 0.4) is 0 Å². The molecule has 10 heteroatoms. The fourth-order valence-corrected chi connectivity index (χ4v) is 4.08. The number of aliphatic carboxylic acids is 1. The molecule has 0 spiro atoms. The smallest absolute Gasteiger partial charge is 0.344 e. The summed E-state index contributed by atoms with van der Waals surface area (Å²) in [5.74, 6) is 0.132. The molecule has 180 valence electrons. The van der Waals surface area contributed by atoms with Crippen LogP contribution in [0.25, 0.3) is 10.9 Å². The van der Waals surface area contributed by atoms with E-state index in [1.54, 1.807) is 18.2 Å². The largest absolute Gasteiger partial charge is 0.490 e. The Kier molecular flexibility index (Phi) is 8.48. The summed E-state index contributed by atoms with van der Waals surface area (Å²) in [6.45, 7) is 7.63. The van der Waals surface area contributed by atoms with Gasteiger partial charge in [-0.1, -0.05) is 29.8 Å². The van der Waals surface area contributed by atoms with Crippen molar-refractivity contribution in [2.24, 2.45) is 5.10 Å². The Morgan fingerprint density at radius 2 is 1.97 bits per heavy atom. The van der Waals surface area contributed by atoms with Crippen LogP contribution in [0.4, 0.5) is 0 Å². The number of rotatable bonds is 9. The third-order valence-electron chi connectivity index (χ3n) is 5.18. The highest BCUT2D eigenvalue weighted by molar-refractivity contribution is 9.10. The first-order valence-corrected chi connectivity index (χ1v) is 12.4. The summed E-state index contributed by atoms with van der Waals surface area (Å²) in [6, 6.07) is 8.79. The second-order valence-electron chi connectivity index (χ2n) is 7.66. The molecule has 0 radical (unpaired) electrons. The number of halogens is 2. The number of aromatic nitrogens is 2. The molecule has 2 aromatic carbocycles. The summed E-state index contributed by atoms with van der Waals surface area (Å²) in [6.07, 6.45) is 1.27. The van der Waals surface area contributed by atoms with E-state index in [4.69, 9.17) is 14.5 Å². The van der Waals surface area contributed by atoms with Crippen LogP contribution in [0.1, 0.15) is 51.4 Å². The highest BCUT2D eigenvalue weighted by atomic mass is 79.9. The van der Waals surface area contributed by atoms with Gasteiger partial charge in [0, 0.05) is 10.4 Å². The number of nitrogens with zero attached hydrogens (tertiary/aromatic N) is 3. The van der Waals surface area contributed by atoms with Gasteiger partial charge < -0.3 is 14.6 Å². The van der Waals surface area contributed by atoms with Gasteiger partial charge in [0.05, 0.1) is 28.2 Å². The predicted octanol–water partition coefficient (Wildman–Crippen LogP) is 5.57. The Balaban J connectivity index is 2.11. The summed E-state index contributed by atoms with van der Waals surface area (Å²) in [4.78, 5) is 29.2. The summed E-state index contributed by atoms with van der Waals surface area (Å²) in [7, 11) is 0. The third-order valence-corrected chi connectivity index (χ3v) is 6.27. The lowest BCUT2D eigenvalue weighted by molar-refractivity contribution is -0.144. The van der Waals surface area contributed by atoms with Gasteiger partial charge in [-0.2, -0.15) is 9.78 Å². The Bertz CT molecular complexity index is 1310. The van der Waals surface area contributed by atoms with Gasteiger partial charge in [0.25, 0.3) is 5.56 Å². The van der Waals surface area contributed by atoms with Crippen molar-refractivity contribution in [3.05, 3.63) is 61.0 Å². The lowest BCUT2D eigenvalue weighted by Gasteiger charge is -2.17. The summed E-state index contributed by atoms with van der Waals surface area (Å²) in [5, 5.41) is 14.1. The molecule has 1 aromatic heterocycles. The first-order valence-electron chi connectivity index (χ1n) is 10.8. The second-order valence-corrected chi connectivity index (χ2v) is 9.43. The average molecular weight is 595 g/mol. The van der Waals surface area contributed by atoms with E-state index in [1.807, 2.05) is 32.9 Å². The van der Waals surface area contributed by atoms with Gasteiger partial charge in [-0.3, -0.25) is 4.79 Å². The maximum atomic E-state index is 13.3. The number of benzene rings is 2. The number of ether oxygens (including phenoxy) is 2. The van der Waals surface area contributed by atoms with Crippen LogP contribution in [-0.2, 0) is 4.79 Å². The lowest BCUT2D eigenvalue weighted by Crippen LogP contribution is -2.24. The van der Waals surface area contributed by atoms with Crippen molar-refractivity contribution in [2.45, 2.75) is 46.1 Å². The monoisotopic (exact) mass is 593 g/mol. The van der Waals surface area contributed by atoms with E-state index in [0.29, 0.717) is 39.1 Å². The summed E-state index contributed by atoms with van der Waals surface area (Å²) in [5.41, 5.74) is 0.976. The van der Waals surface area contributed by atoms with Crippen molar-refractivity contribution in [3.63, 3.8) is 0 Å². The normalized spacial score (nSPS) is 13.2. The highest BCUT2D eigenvalue weighted by Crippen LogP contribution is 2.37. The average Bonchev–Trinajstić information content (AvgIpc) is 2.80. The maximum absolute atomic E-state index is 13.3. The van der Waals surface area contributed by atoms with Gasteiger partial charge in [0.2, 0.25) is 0 Å². The highest BCUT2D eigenvalue weighted by Gasteiger charge is 2.20. The Morgan fingerprint density at radius 1 is 1.24 bits per heavy atom.